The van der Waals surface area contributed by atoms with Crippen LogP contribution in [0.4, 0.5) is 11.4 Å². The highest BCUT2D eigenvalue weighted by atomic mass is 16.6. The summed E-state index contributed by atoms with van der Waals surface area (Å²) in [5.74, 6) is 0.815. The van der Waals surface area contributed by atoms with Crippen molar-refractivity contribution in [3.05, 3.63) is 68.8 Å². The number of hydrogen-bond acceptors (Lipinski definition) is 11. The van der Waals surface area contributed by atoms with Gasteiger partial charge in [0.05, 0.1) is 23.1 Å². The van der Waals surface area contributed by atoms with Crippen LogP contribution in [-0.4, -0.2) is 108 Å². The van der Waals surface area contributed by atoms with E-state index in [-0.39, 0.29) is 37.7 Å². The first-order valence-electron chi connectivity index (χ1n) is 12.4. The molecule has 1 heterocycles. The van der Waals surface area contributed by atoms with Crippen LogP contribution in [0.5, 0.6) is 11.5 Å². The predicted molar refractivity (Wildman–Crippen MR) is 138 cm³/mol. The number of benzene rings is 2. The van der Waals surface area contributed by atoms with Crippen molar-refractivity contribution in [2.24, 2.45) is 0 Å². The zero-order chi connectivity index (χ0) is 27.3. The first-order valence-corrected chi connectivity index (χ1v) is 12.4. The Morgan fingerprint density at radius 1 is 0.842 bits per heavy atom. The van der Waals surface area contributed by atoms with Gasteiger partial charge in [0.25, 0.3) is 11.4 Å². The second kappa shape index (κ2) is 15.1. The van der Waals surface area contributed by atoms with Gasteiger partial charge in [-0.25, -0.2) is 0 Å². The van der Waals surface area contributed by atoms with Gasteiger partial charge in [0.15, 0.2) is 0 Å². The molecule has 38 heavy (non-hydrogen) atoms. The predicted octanol–water partition coefficient (Wildman–Crippen LogP) is 1.71. The molecule has 0 radical (unpaired) electrons. The Labute approximate surface area is 220 Å². The van der Waals surface area contributed by atoms with Crippen molar-refractivity contribution in [3.63, 3.8) is 0 Å². The summed E-state index contributed by atoms with van der Waals surface area (Å²) in [6, 6.07) is 11.2. The van der Waals surface area contributed by atoms with E-state index in [9.17, 15) is 30.4 Å². The molecule has 0 aliphatic carbocycles. The van der Waals surface area contributed by atoms with Crippen LogP contribution in [0.3, 0.4) is 0 Å². The number of nitrogens with zero attached hydrogens (tertiary/aromatic N) is 4. The van der Waals surface area contributed by atoms with Crippen LogP contribution in [0, 0.1) is 20.2 Å². The van der Waals surface area contributed by atoms with Gasteiger partial charge in [-0.2, -0.15) is 0 Å². The van der Waals surface area contributed by atoms with Crippen LogP contribution in [-0.2, 0) is 4.74 Å². The molecule has 2 unspecified atom stereocenters. The Balaban J connectivity index is 1.49. The fourth-order valence-corrected chi connectivity index (χ4v) is 4.01. The Kier molecular flexibility index (Phi) is 11.6. The van der Waals surface area contributed by atoms with Crippen molar-refractivity contribution in [1.82, 2.24) is 9.80 Å². The van der Waals surface area contributed by atoms with E-state index in [1.54, 1.807) is 0 Å². The Bertz CT molecular complexity index is 931. The Morgan fingerprint density at radius 2 is 1.29 bits per heavy atom. The van der Waals surface area contributed by atoms with Crippen LogP contribution >= 0.6 is 0 Å². The lowest BCUT2D eigenvalue weighted by Gasteiger charge is -2.30. The van der Waals surface area contributed by atoms with Crippen molar-refractivity contribution < 1.29 is 34.3 Å². The van der Waals surface area contributed by atoms with E-state index in [2.05, 4.69) is 4.90 Å². The molecule has 0 spiro atoms. The molecule has 208 valence electrons. The third-order valence-corrected chi connectivity index (χ3v) is 5.97. The molecule has 1 saturated heterocycles. The summed E-state index contributed by atoms with van der Waals surface area (Å²) in [5.41, 5.74) is -0.0939. The van der Waals surface area contributed by atoms with Crippen molar-refractivity contribution in [1.29, 1.82) is 0 Å². The lowest BCUT2D eigenvalue weighted by Crippen LogP contribution is -2.43. The largest absolute Gasteiger partial charge is 0.491 e. The monoisotopic (exact) mass is 534 g/mol. The molecule has 2 aromatic carbocycles. The van der Waals surface area contributed by atoms with Gasteiger partial charge in [-0.05, 0) is 43.8 Å². The SMILES string of the molecule is O=[N+]([O-])c1ccc(OCC(O)CN(CCCN2CCOCC2)CC(O)COc2ccc([N+](=O)[O-])cc2)cc1. The molecule has 0 amide bonds. The van der Waals surface area contributed by atoms with E-state index >= 15 is 0 Å². The lowest BCUT2D eigenvalue weighted by atomic mass is 10.2. The molecule has 1 aliphatic heterocycles. The lowest BCUT2D eigenvalue weighted by molar-refractivity contribution is -0.385. The maximum absolute atomic E-state index is 10.8. The van der Waals surface area contributed by atoms with Gasteiger partial charge in [0.1, 0.15) is 36.9 Å². The molecule has 13 nitrogen and oxygen atoms in total. The van der Waals surface area contributed by atoms with Crippen molar-refractivity contribution in [3.8, 4) is 11.5 Å². The number of ether oxygens (including phenoxy) is 3. The second-order valence-corrected chi connectivity index (χ2v) is 9.00. The zero-order valence-corrected chi connectivity index (χ0v) is 21.1. The molecule has 2 N–H and O–H groups in total. The molecule has 1 aliphatic rings. The minimum atomic E-state index is -0.864. The third-order valence-electron chi connectivity index (χ3n) is 5.97. The maximum Gasteiger partial charge on any atom is 0.269 e. The summed E-state index contributed by atoms with van der Waals surface area (Å²) in [5, 5.41) is 42.8. The van der Waals surface area contributed by atoms with Crippen molar-refractivity contribution in [2.75, 3.05) is 65.7 Å². The zero-order valence-electron chi connectivity index (χ0n) is 21.1. The minimum absolute atomic E-state index is 0.0207. The smallest absolute Gasteiger partial charge is 0.269 e. The molecule has 0 bridgehead atoms. The number of non-ortho nitro benzene ring substituents is 2. The molecule has 13 heteroatoms. The van der Waals surface area contributed by atoms with Crippen LogP contribution in [0.2, 0.25) is 0 Å². The van der Waals surface area contributed by atoms with E-state index < -0.39 is 22.1 Å². The van der Waals surface area contributed by atoms with Gasteiger partial charge < -0.3 is 24.4 Å². The van der Waals surface area contributed by atoms with Crippen LogP contribution < -0.4 is 9.47 Å². The molecular formula is C25H34N4O9. The van der Waals surface area contributed by atoms with E-state index in [4.69, 9.17) is 14.2 Å². The second-order valence-electron chi connectivity index (χ2n) is 9.00. The van der Waals surface area contributed by atoms with Crippen LogP contribution in [0.1, 0.15) is 6.42 Å². The molecule has 2 atom stereocenters. The minimum Gasteiger partial charge on any atom is -0.491 e. The highest BCUT2D eigenvalue weighted by Crippen LogP contribution is 2.18. The number of nitro benzene ring substituents is 2. The number of rotatable bonds is 16. The number of hydrogen-bond donors (Lipinski definition) is 2. The van der Waals surface area contributed by atoms with Gasteiger partial charge in [0.2, 0.25) is 0 Å². The average Bonchev–Trinajstić information content (AvgIpc) is 2.91. The summed E-state index contributed by atoms with van der Waals surface area (Å²) in [6.07, 6.45) is -0.904. The van der Waals surface area contributed by atoms with Crippen LogP contribution in [0.25, 0.3) is 0 Å². The number of morpholine rings is 1. The quantitative estimate of drug-likeness (QED) is 0.238. The standard InChI is InChI=1S/C25H34N4O9/c30-22(18-37-24-6-2-20(3-7-24)28(32)33)16-27(11-1-10-26-12-14-36-15-13-26)17-23(31)19-38-25-8-4-21(5-9-25)29(34)35/h2-9,22-23,30-31H,1,10-19H2. The molecule has 3 rings (SSSR count). The Morgan fingerprint density at radius 3 is 1.71 bits per heavy atom. The van der Waals surface area contributed by atoms with E-state index in [0.717, 1.165) is 26.1 Å². The molecular weight excluding hydrogens is 500 g/mol. The Hall–Kier alpha value is -3.36. The highest BCUT2D eigenvalue weighted by Gasteiger charge is 2.18. The summed E-state index contributed by atoms with van der Waals surface area (Å²) >= 11 is 0. The topological polar surface area (TPSA) is 161 Å². The third kappa shape index (κ3) is 10.2. The normalized spacial score (nSPS) is 15.7. The van der Waals surface area contributed by atoms with Gasteiger partial charge >= 0.3 is 0 Å². The van der Waals surface area contributed by atoms with Gasteiger partial charge in [-0.3, -0.25) is 30.0 Å². The molecule has 0 saturated carbocycles. The molecule has 0 aromatic heterocycles. The fourth-order valence-electron chi connectivity index (χ4n) is 4.01. The molecule has 2 aromatic rings. The summed E-state index contributed by atoms with van der Waals surface area (Å²) < 4.78 is 16.5. The maximum atomic E-state index is 10.8. The van der Waals surface area contributed by atoms with E-state index in [0.29, 0.717) is 31.3 Å². The summed E-state index contributed by atoms with van der Waals surface area (Å²) in [4.78, 5) is 24.8. The summed E-state index contributed by atoms with van der Waals surface area (Å²) in [7, 11) is 0. The van der Waals surface area contributed by atoms with E-state index in [1.807, 2.05) is 4.90 Å². The number of aliphatic hydroxyl groups is 2. The first kappa shape index (κ1) is 29.2. The van der Waals surface area contributed by atoms with E-state index in [1.165, 1.54) is 48.5 Å². The van der Waals surface area contributed by atoms with Gasteiger partial charge in [-0.1, -0.05) is 0 Å². The van der Waals surface area contributed by atoms with Crippen LogP contribution in [0.15, 0.2) is 48.5 Å². The van der Waals surface area contributed by atoms with Crippen molar-refractivity contribution >= 4 is 11.4 Å². The van der Waals surface area contributed by atoms with Crippen molar-refractivity contribution in [2.45, 2.75) is 18.6 Å². The first-order chi connectivity index (χ1) is 18.3. The summed E-state index contributed by atoms with van der Waals surface area (Å²) in [6.45, 7) is 5.10. The highest BCUT2D eigenvalue weighted by molar-refractivity contribution is 5.36. The number of nitro groups is 2. The average molecular weight is 535 g/mol. The number of aliphatic hydroxyl groups excluding tert-OH is 2. The molecule has 1 fully saturated rings. The van der Waals surface area contributed by atoms with Gasteiger partial charge in [-0.15, -0.1) is 0 Å². The fraction of sp³-hybridized carbons (Fsp3) is 0.520. The van der Waals surface area contributed by atoms with Gasteiger partial charge in [0, 0.05) is 50.4 Å².